The third-order valence-corrected chi connectivity index (χ3v) is 3.78. The molecule has 1 aliphatic carbocycles. The average Bonchev–Trinajstić information content (AvgIpc) is 2.36. The van der Waals surface area contributed by atoms with Gasteiger partial charge in [0.25, 0.3) is 5.91 Å². The molecule has 1 aromatic carbocycles. The Hall–Kier alpha value is -1.65. The van der Waals surface area contributed by atoms with E-state index in [1.54, 1.807) is 0 Å². The van der Waals surface area contributed by atoms with E-state index >= 15 is 0 Å². The molecule has 0 atom stereocenters. The Balaban J connectivity index is 2.05. The van der Waals surface area contributed by atoms with Gasteiger partial charge in [0.05, 0.1) is 5.56 Å². The molecule has 0 aromatic heterocycles. The minimum Gasteiger partial charge on any atom is -0.398 e. The first-order valence-electron chi connectivity index (χ1n) is 7.13. The zero-order chi connectivity index (χ0) is 14.5. The smallest absolute Gasteiger partial charge is 0.253 e. The summed E-state index contributed by atoms with van der Waals surface area (Å²) in [5, 5.41) is 2.88. The molecule has 3 nitrogen and oxygen atoms in total. The van der Waals surface area contributed by atoms with Crippen LogP contribution in [-0.4, -0.2) is 11.9 Å². The molecule has 1 amide bonds. The average molecular weight is 282 g/mol. The van der Waals surface area contributed by atoms with Gasteiger partial charge in [-0.25, -0.2) is 8.78 Å². The second-order valence-corrected chi connectivity index (χ2v) is 5.37. The van der Waals surface area contributed by atoms with E-state index in [0.29, 0.717) is 0 Å². The van der Waals surface area contributed by atoms with Gasteiger partial charge < -0.3 is 11.1 Å². The van der Waals surface area contributed by atoms with E-state index in [9.17, 15) is 13.6 Å². The zero-order valence-corrected chi connectivity index (χ0v) is 11.4. The SMILES string of the molecule is Nc1cc(F)c(F)cc1C(=O)NC1CCCCCCC1. The van der Waals surface area contributed by atoms with Crippen molar-refractivity contribution in [2.75, 3.05) is 5.73 Å². The van der Waals surface area contributed by atoms with Gasteiger partial charge in [0.2, 0.25) is 0 Å². The number of nitrogens with one attached hydrogen (secondary N) is 1. The lowest BCUT2D eigenvalue weighted by Gasteiger charge is -2.21. The number of rotatable bonds is 2. The van der Waals surface area contributed by atoms with Gasteiger partial charge in [-0.2, -0.15) is 0 Å². The highest BCUT2D eigenvalue weighted by molar-refractivity contribution is 5.99. The van der Waals surface area contributed by atoms with E-state index in [0.717, 1.165) is 37.8 Å². The van der Waals surface area contributed by atoms with Gasteiger partial charge in [-0.15, -0.1) is 0 Å². The maximum Gasteiger partial charge on any atom is 0.253 e. The van der Waals surface area contributed by atoms with Crippen molar-refractivity contribution in [1.29, 1.82) is 0 Å². The van der Waals surface area contributed by atoms with Crippen molar-refractivity contribution in [2.24, 2.45) is 0 Å². The Morgan fingerprint density at radius 1 is 1.05 bits per heavy atom. The van der Waals surface area contributed by atoms with Gasteiger partial charge in [0.1, 0.15) is 0 Å². The van der Waals surface area contributed by atoms with Crippen LogP contribution in [0.2, 0.25) is 0 Å². The lowest BCUT2D eigenvalue weighted by Crippen LogP contribution is -2.35. The third kappa shape index (κ3) is 3.68. The Kier molecular flexibility index (Phi) is 4.93. The molecule has 20 heavy (non-hydrogen) atoms. The number of halogens is 2. The lowest BCUT2D eigenvalue weighted by atomic mass is 9.96. The van der Waals surface area contributed by atoms with E-state index < -0.39 is 17.5 Å². The van der Waals surface area contributed by atoms with Crippen molar-refractivity contribution >= 4 is 11.6 Å². The van der Waals surface area contributed by atoms with Gasteiger partial charge in [0.15, 0.2) is 11.6 Å². The highest BCUT2D eigenvalue weighted by Gasteiger charge is 2.18. The molecule has 0 unspecified atom stereocenters. The molecule has 5 heteroatoms. The Morgan fingerprint density at radius 2 is 1.60 bits per heavy atom. The highest BCUT2D eigenvalue weighted by Crippen LogP contribution is 2.20. The van der Waals surface area contributed by atoms with Crippen molar-refractivity contribution < 1.29 is 13.6 Å². The van der Waals surface area contributed by atoms with Crippen LogP contribution in [0.15, 0.2) is 12.1 Å². The topological polar surface area (TPSA) is 55.1 Å². The summed E-state index contributed by atoms with van der Waals surface area (Å²) in [6.45, 7) is 0. The van der Waals surface area contributed by atoms with E-state index in [1.807, 2.05) is 0 Å². The minimum absolute atomic E-state index is 0.00552. The Bertz CT molecular complexity index is 483. The monoisotopic (exact) mass is 282 g/mol. The molecule has 0 heterocycles. The van der Waals surface area contributed by atoms with E-state index in [-0.39, 0.29) is 17.3 Å². The van der Waals surface area contributed by atoms with Crippen LogP contribution in [0.1, 0.15) is 55.3 Å². The molecule has 0 saturated heterocycles. The van der Waals surface area contributed by atoms with E-state index in [1.165, 1.54) is 19.3 Å². The third-order valence-electron chi connectivity index (χ3n) is 3.78. The number of nitrogen functional groups attached to an aromatic ring is 1. The number of anilines is 1. The molecule has 1 aromatic rings. The zero-order valence-electron chi connectivity index (χ0n) is 11.4. The number of amides is 1. The first-order chi connectivity index (χ1) is 9.58. The van der Waals surface area contributed by atoms with Crippen LogP contribution in [0.5, 0.6) is 0 Å². The Labute approximate surface area is 117 Å². The van der Waals surface area contributed by atoms with Crippen LogP contribution in [0.25, 0.3) is 0 Å². The fourth-order valence-electron chi connectivity index (χ4n) is 2.62. The molecule has 110 valence electrons. The van der Waals surface area contributed by atoms with Crippen LogP contribution in [-0.2, 0) is 0 Å². The van der Waals surface area contributed by atoms with Gasteiger partial charge in [-0.05, 0) is 18.9 Å². The van der Waals surface area contributed by atoms with Gasteiger partial charge in [-0.1, -0.05) is 32.1 Å². The molecule has 0 bridgehead atoms. The number of nitrogens with two attached hydrogens (primary N) is 1. The number of hydrogen-bond donors (Lipinski definition) is 2. The number of carbonyl (C=O) groups is 1. The molecular formula is C15H20F2N2O. The summed E-state index contributed by atoms with van der Waals surface area (Å²) >= 11 is 0. The van der Waals surface area contributed by atoms with Crippen LogP contribution in [0.4, 0.5) is 14.5 Å². The standard InChI is InChI=1S/C15H20F2N2O/c16-12-8-11(14(18)9-13(12)17)15(20)19-10-6-4-2-1-3-5-7-10/h8-10H,1-7,18H2,(H,19,20). The summed E-state index contributed by atoms with van der Waals surface area (Å²) in [5.74, 6) is -2.51. The normalized spacial score (nSPS) is 17.3. The summed E-state index contributed by atoms with van der Waals surface area (Å²) in [6, 6.07) is 1.81. The number of benzene rings is 1. The highest BCUT2D eigenvalue weighted by atomic mass is 19.2. The largest absolute Gasteiger partial charge is 0.398 e. The molecular weight excluding hydrogens is 262 g/mol. The maximum atomic E-state index is 13.2. The van der Waals surface area contributed by atoms with Crippen LogP contribution < -0.4 is 11.1 Å². The lowest BCUT2D eigenvalue weighted by molar-refractivity contribution is 0.0931. The molecule has 0 aliphatic heterocycles. The van der Waals surface area contributed by atoms with Gasteiger partial charge in [0, 0.05) is 17.8 Å². The molecule has 1 fully saturated rings. The molecule has 2 rings (SSSR count). The van der Waals surface area contributed by atoms with Crippen molar-refractivity contribution in [3.8, 4) is 0 Å². The molecule has 0 radical (unpaired) electrons. The second kappa shape index (κ2) is 6.68. The van der Waals surface area contributed by atoms with E-state index in [4.69, 9.17) is 5.73 Å². The Morgan fingerprint density at radius 3 is 2.25 bits per heavy atom. The van der Waals surface area contributed by atoms with Crippen LogP contribution in [0, 0.1) is 11.6 Å². The summed E-state index contributed by atoms with van der Waals surface area (Å²) in [7, 11) is 0. The summed E-state index contributed by atoms with van der Waals surface area (Å²) in [4.78, 5) is 12.1. The van der Waals surface area contributed by atoms with Crippen LogP contribution >= 0.6 is 0 Å². The van der Waals surface area contributed by atoms with Gasteiger partial charge in [-0.3, -0.25) is 4.79 Å². The van der Waals surface area contributed by atoms with Crippen molar-refractivity contribution in [1.82, 2.24) is 5.32 Å². The summed E-state index contributed by atoms with van der Waals surface area (Å²) in [6.07, 6.45) is 7.62. The summed E-state index contributed by atoms with van der Waals surface area (Å²) in [5.41, 5.74) is 5.56. The molecule has 0 spiro atoms. The maximum absolute atomic E-state index is 13.2. The molecule has 1 saturated carbocycles. The quantitative estimate of drug-likeness (QED) is 0.817. The first kappa shape index (κ1) is 14.8. The predicted octanol–water partition coefficient (Wildman–Crippen LogP) is 3.39. The minimum atomic E-state index is -1.05. The van der Waals surface area contributed by atoms with E-state index in [2.05, 4.69) is 5.32 Å². The summed E-state index contributed by atoms with van der Waals surface area (Å²) < 4.78 is 26.2. The second-order valence-electron chi connectivity index (χ2n) is 5.37. The van der Waals surface area contributed by atoms with Crippen molar-refractivity contribution in [3.05, 3.63) is 29.3 Å². The van der Waals surface area contributed by atoms with Crippen molar-refractivity contribution in [3.63, 3.8) is 0 Å². The fraction of sp³-hybridized carbons (Fsp3) is 0.533. The number of hydrogen-bond acceptors (Lipinski definition) is 2. The van der Waals surface area contributed by atoms with Gasteiger partial charge >= 0.3 is 0 Å². The first-order valence-corrected chi connectivity index (χ1v) is 7.13. The predicted molar refractivity (Wildman–Crippen MR) is 74.3 cm³/mol. The molecule has 1 aliphatic rings. The number of carbonyl (C=O) groups excluding carboxylic acids is 1. The fourth-order valence-corrected chi connectivity index (χ4v) is 2.62. The van der Waals surface area contributed by atoms with Crippen LogP contribution in [0.3, 0.4) is 0 Å². The van der Waals surface area contributed by atoms with Crippen molar-refractivity contribution in [2.45, 2.75) is 51.0 Å². The molecule has 3 N–H and O–H groups in total.